The van der Waals surface area contributed by atoms with Crippen molar-refractivity contribution in [1.29, 1.82) is 0 Å². The molecule has 0 fully saturated rings. The molecule has 0 aliphatic carbocycles. The molecular formula is C16H12Cl2N4O4. The second-order valence-electron chi connectivity index (χ2n) is 5.35. The number of hydrogen-bond acceptors (Lipinski definition) is 6. The fourth-order valence-electron chi connectivity index (χ4n) is 2.45. The number of carbonyl (C=O) groups excluding carboxylic acids is 1. The standard InChI is InChI=1S/C16H12Cl2N4O4/c1-2-5-21-13-4-3-9(22(24)25)6-10(13)15(20-21)26-16(23)14-11(17)7-19-8-12(14)18/h3-4,6-8H,2,5H2,1H3. The number of nitro groups is 1. The molecule has 0 atom stereocenters. The molecule has 2 aromatic heterocycles. The second-order valence-corrected chi connectivity index (χ2v) is 6.17. The van der Waals surface area contributed by atoms with E-state index < -0.39 is 10.9 Å². The number of halogens is 2. The summed E-state index contributed by atoms with van der Waals surface area (Å²) >= 11 is 11.9. The molecule has 0 saturated heterocycles. The molecule has 0 saturated carbocycles. The van der Waals surface area contributed by atoms with Crippen LogP contribution < -0.4 is 4.74 Å². The van der Waals surface area contributed by atoms with Gasteiger partial charge in [-0.05, 0) is 12.5 Å². The number of esters is 1. The van der Waals surface area contributed by atoms with Gasteiger partial charge in [0, 0.05) is 31.1 Å². The fraction of sp³-hybridized carbons (Fsp3) is 0.188. The molecule has 2 heterocycles. The molecule has 26 heavy (non-hydrogen) atoms. The lowest BCUT2D eigenvalue weighted by Crippen LogP contribution is -2.11. The van der Waals surface area contributed by atoms with Gasteiger partial charge in [-0.2, -0.15) is 0 Å². The van der Waals surface area contributed by atoms with Crippen LogP contribution in [0.15, 0.2) is 30.6 Å². The van der Waals surface area contributed by atoms with Gasteiger partial charge >= 0.3 is 5.97 Å². The number of non-ortho nitro benzene ring substituents is 1. The van der Waals surface area contributed by atoms with Crippen molar-refractivity contribution in [3.63, 3.8) is 0 Å². The highest BCUT2D eigenvalue weighted by atomic mass is 35.5. The van der Waals surface area contributed by atoms with Crippen LogP contribution in [0.2, 0.25) is 10.0 Å². The predicted octanol–water partition coefficient (Wildman–Crippen LogP) is 4.28. The number of aromatic nitrogens is 3. The Morgan fingerprint density at radius 1 is 1.31 bits per heavy atom. The molecule has 0 unspecified atom stereocenters. The summed E-state index contributed by atoms with van der Waals surface area (Å²) in [6, 6.07) is 4.26. The Morgan fingerprint density at radius 3 is 2.62 bits per heavy atom. The highest BCUT2D eigenvalue weighted by molar-refractivity contribution is 6.39. The highest BCUT2D eigenvalue weighted by Crippen LogP contribution is 2.31. The van der Waals surface area contributed by atoms with Crippen LogP contribution >= 0.6 is 23.2 Å². The Labute approximate surface area is 157 Å². The van der Waals surface area contributed by atoms with E-state index in [0.29, 0.717) is 17.4 Å². The maximum atomic E-state index is 12.5. The minimum atomic E-state index is -0.822. The first kappa shape index (κ1) is 18.1. The number of nitro benzene ring substituents is 1. The third kappa shape index (κ3) is 3.33. The van der Waals surface area contributed by atoms with Crippen LogP contribution in [0, 0.1) is 10.1 Å². The van der Waals surface area contributed by atoms with Gasteiger partial charge in [-0.15, -0.1) is 5.10 Å². The van der Waals surface area contributed by atoms with Gasteiger partial charge in [-0.3, -0.25) is 19.8 Å². The average Bonchev–Trinajstić information content (AvgIpc) is 2.92. The topological polar surface area (TPSA) is 100 Å². The smallest absolute Gasteiger partial charge is 0.348 e. The van der Waals surface area contributed by atoms with Crippen molar-refractivity contribution in [2.24, 2.45) is 0 Å². The molecule has 0 aliphatic rings. The monoisotopic (exact) mass is 394 g/mol. The van der Waals surface area contributed by atoms with Crippen LogP contribution in [0.5, 0.6) is 5.88 Å². The Balaban J connectivity index is 2.07. The fourth-order valence-corrected chi connectivity index (χ4v) is 2.97. The highest BCUT2D eigenvalue weighted by Gasteiger charge is 2.22. The van der Waals surface area contributed by atoms with E-state index in [1.54, 1.807) is 10.7 Å². The molecule has 3 aromatic rings. The minimum Gasteiger partial charge on any atom is -0.401 e. The normalized spacial score (nSPS) is 10.9. The molecule has 8 nitrogen and oxygen atoms in total. The SMILES string of the molecule is CCCn1nc(OC(=O)c2c(Cl)cncc2Cl)c2cc([N+](=O)[O-])ccc21. The first-order valence-electron chi connectivity index (χ1n) is 7.58. The maximum absolute atomic E-state index is 12.5. The first-order valence-corrected chi connectivity index (χ1v) is 8.34. The quantitative estimate of drug-likeness (QED) is 0.363. The average molecular weight is 395 g/mol. The van der Waals surface area contributed by atoms with Crippen molar-refractivity contribution in [3.05, 3.63) is 56.3 Å². The molecule has 134 valence electrons. The number of ether oxygens (including phenoxy) is 1. The predicted molar refractivity (Wildman–Crippen MR) is 95.9 cm³/mol. The number of pyridine rings is 1. The first-order chi connectivity index (χ1) is 12.4. The Bertz CT molecular complexity index is 999. The van der Waals surface area contributed by atoms with E-state index in [0.717, 1.165) is 6.42 Å². The Morgan fingerprint density at radius 2 is 2.00 bits per heavy atom. The van der Waals surface area contributed by atoms with Gasteiger partial charge in [0.15, 0.2) is 0 Å². The summed E-state index contributed by atoms with van der Waals surface area (Å²) in [5, 5.41) is 15.7. The molecule has 0 amide bonds. The van der Waals surface area contributed by atoms with Gasteiger partial charge in [-0.1, -0.05) is 30.1 Å². The van der Waals surface area contributed by atoms with Crippen LogP contribution in [-0.4, -0.2) is 25.7 Å². The zero-order chi connectivity index (χ0) is 18.8. The van der Waals surface area contributed by atoms with Crippen molar-refractivity contribution < 1.29 is 14.5 Å². The van der Waals surface area contributed by atoms with Gasteiger partial charge in [0.05, 0.1) is 25.9 Å². The third-order valence-electron chi connectivity index (χ3n) is 3.59. The van der Waals surface area contributed by atoms with Crippen LogP contribution in [0.25, 0.3) is 10.9 Å². The van der Waals surface area contributed by atoms with E-state index in [1.807, 2.05) is 6.92 Å². The number of carbonyl (C=O) groups is 1. The molecule has 0 bridgehead atoms. The zero-order valence-corrected chi connectivity index (χ0v) is 15.0. The summed E-state index contributed by atoms with van der Waals surface area (Å²) in [5.41, 5.74) is 0.435. The molecule has 0 N–H and O–H groups in total. The Kier molecular flexibility index (Phi) is 5.06. The molecule has 0 spiro atoms. The summed E-state index contributed by atoms with van der Waals surface area (Å²) in [6.45, 7) is 2.52. The van der Waals surface area contributed by atoms with E-state index in [2.05, 4.69) is 10.1 Å². The molecular weight excluding hydrogens is 383 g/mol. The number of aryl methyl sites for hydroxylation is 1. The maximum Gasteiger partial charge on any atom is 0.348 e. The number of hydrogen-bond donors (Lipinski definition) is 0. The summed E-state index contributed by atoms with van der Waals surface area (Å²) in [4.78, 5) is 26.8. The minimum absolute atomic E-state index is 0.0331. The Hall–Kier alpha value is -2.71. The summed E-state index contributed by atoms with van der Waals surface area (Å²) in [7, 11) is 0. The number of nitrogens with zero attached hydrogens (tertiary/aromatic N) is 4. The van der Waals surface area contributed by atoms with Crippen molar-refractivity contribution >= 4 is 45.8 Å². The van der Waals surface area contributed by atoms with Crippen molar-refractivity contribution in [2.75, 3.05) is 0 Å². The lowest BCUT2D eigenvalue weighted by Gasteiger charge is -2.05. The van der Waals surface area contributed by atoms with E-state index in [4.69, 9.17) is 27.9 Å². The van der Waals surface area contributed by atoms with Gasteiger partial charge in [-0.25, -0.2) is 4.79 Å². The van der Waals surface area contributed by atoms with Crippen LogP contribution in [0.3, 0.4) is 0 Å². The molecule has 1 aromatic carbocycles. The number of fused-ring (bicyclic) bond motifs is 1. The van der Waals surface area contributed by atoms with Gasteiger partial charge < -0.3 is 4.74 Å². The zero-order valence-electron chi connectivity index (χ0n) is 13.5. The van der Waals surface area contributed by atoms with Gasteiger partial charge in [0.1, 0.15) is 5.56 Å². The molecule has 3 rings (SSSR count). The third-order valence-corrected chi connectivity index (χ3v) is 4.17. The van der Waals surface area contributed by atoms with Crippen LogP contribution in [0.1, 0.15) is 23.7 Å². The summed E-state index contributed by atoms with van der Waals surface area (Å²) in [6.07, 6.45) is 3.31. The second kappa shape index (κ2) is 7.27. The lowest BCUT2D eigenvalue weighted by molar-refractivity contribution is -0.384. The molecule has 10 heteroatoms. The number of benzene rings is 1. The van der Waals surface area contributed by atoms with E-state index in [-0.39, 0.29) is 27.2 Å². The van der Waals surface area contributed by atoms with Crippen molar-refractivity contribution in [3.8, 4) is 5.88 Å². The van der Waals surface area contributed by atoms with Crippen LogP contribution in [0.4, 0.5) is 5.69 Å². The van der Waals surface area contributed by atoms with Crippen LogP contribution in [-0.2, 0) is 6.54 Å². The van der Waals surface area contributed by atoms with Crippen molar-refractivity contribution in [2.45, 2.75) is 19.9 Å². The lowest BCUT2D eigenvalue weighted by atomic mass is 10.2. The number of rotatable bonds is 5. The van der Waals surface area contributed by atoms with E-state index in [9.17, 15) is 14.9 Å². The molecule has 0 aliphatic heterocycles. The summed E-state index contributed by atoms with van der Waals surface area (Å²) in [5.74, 6) is -0.872. The van der Waals surface area contributed by atoms with Gasteiger partial charge in [0.2, 0.25) is 5.88 Å². The van der Waals surface area contributed by atoms with E-state index >= 15 is 0 Å². The van der Waals surface area contributed by atoms with E-state index in [1.165, 1.54) is 24.5 Å². The molecule has 0 radical (unpaired) electrons. The largest absolute Gasteiger partial charge is 0.401 e. The van der Waals surface area contributed by atoms with Crippen molar-refractivity contribution in [1.82, 2.24) is 14.8 Å². The van der Waals surface area contributed by atoms with Gasteiger partial charge in [0.25, 0.3) is 5.69 Å². The summed E-state index contributed by atoms with van der Waals surface area (Å²) < 4.78 is 6.97.